The number of urea groups is 1. The summed E-state index contributed by atoms with van der Waals surface area (Å²) in [6, 6.07) is 17.7. The highest BCUT2D eigenvalue weighted by atomic mass is 32.1. The lowest BCUT2D eigenvalue weighted by molar-refractivity contribution is 0.262. The molecule has 7 heteroatoms. The van der Waals surface area contributed by atoms with Crippen LogP contribution in [0.1, 0.15) is 4.88 Å². The Morgan fingerprint density at radius 3 is 2.27 bits per heavy atom. The molecule has 1 aromatic heterocycles. The Labute approximate surface area is 155 Å². The van der Waals surface area contributed by atoms with Crippen molar-refractivity contribution in [3.8, 4) is 5.75 Å². The van der Waals surface area contributed by atoms with Gasteiger partial charge in [0.2, 0.25) is 0 Å². The third-order valence-corrected chi connectivity index (χ3v) is 4.39. The zero-order valence-electron chi connectivity index (χ0n) is 14.1. The monoisotopic (exact) mass is 366 g/mol. The van der Waals surface area contributed by atoms with Crippen LogP contribution in [0, 0.1) is 5.41 Å². The maximum absolute atomic E-state index is 12.1. The van der Waals surface area contributed by atoms with Crippen LogP contribution in [0.3, 0.4) is 0 Å². The van der Waals surface area contributed by atoms with Crippen molar-refractivity contribution in [3.05, 3.63) is 70.9 Å². The van der Waals surface area contributed by atoms with Gasteiger partial charge in [0, 0.05) is 23.1 Å². The van der Waals surface area contributed by atoms with Gasteiger partial charge in [-0.15, -0.1) is 11.3 Å². The van der Waals surface area contributed by atoms with E-state index in [0.29, 0.717) is 23.0 Å². The molecule has 2 aromatic carbocycles. The fourth-order valence-electron chi connectivity index (χ4n) is 2.26. The van der Waals surface area contributed by atoms with Gasteiger partial charge in [-0.25, -0.2) is 4.79 Å². The first-order valence-corrected chi connectivity index (χ1v) is 8.73. The van der Waals surface area contributed by atoms with E-state index in [9.17, 15) is 4.79 Å². The van der Waals surface area contributed by atoms with Gasteiger partial charge in [0.15, 0.2) is 0 Å². The van der Waals surface area contributed by atoms with Crippen LogP contribution in [0.2, 0.25) is 0 Å². The molecule has 0 aliphatic rings. The number of ether oxygens (including phenoxy) is 1. The number of carbonyl (C=O) groups excluding carboxylic acids is 1. The van der Waals surface area contributed by atoms with Crippen LogP contribution in [0.4, 0.5) is 21.9 Å². The predicted molar refractivity (Wildman–Crippen MR) is 107 cm³/mol. The lowest BCUT2D eigenvalue weighted by atomic mass is 10.2. The minimum Gasteiger partial charge on any atom is -0.497 e. The van der Waals surface area contributed by atoms with Crippen LogP contribution in [-0.4, -0.2) is 19.0 Å². The summed E-state index contributed by atoms with van der Waals surface area (Å²) in [4.78, 5) is 13.0. The number of carbonyl (C=O) groups is 1. The maximum Gasteiger partial charge on any atom is 0.323 e. The van der Waals surface area contributed by atoms with E-state index in [-0.39, 0.29) is 6.03 Å². The molecule has 2 amide bonds. The zero-order chi connectivity index (χ0) is 18.4. The van der Waals surface area contributed by atoms with Gasteiger partial charge < -0.3 is 20.7 Å². The third-order valence-electron chi connectivity index (χ3n) is 3.51. The number of amidine groups is 1. The summed E-state index contributed by atoms with van der Waals surface area (Å²) < 4.78 is 5.13. The molecular formula is C19H18N4O2S. The van der Waals surface area contributed by atoms with E-state index < -0.39 is 0 Å². The topological polar surface area (TPSA) is 86.2 Å². The number of rotatable bonds is 5. The van der Waals surface area contributed by atoms with Gasteiger partial charge in [0.05, 0.1) is 12.0 Å². The Kier molecular flexibility index (Phi) is 5.50. The number of amides is 2. The second kappa shape index (κ2) is 8.17. The van der Waals surface area contributed by atoms with E-state index in [1.807, 2.05) is 35.7 Å². The van der Waals surface area contributed by atoms with Gasteiger partial charge >= 0.3 is 6.03 Å². The summed E-state index contributed by atoms with van der Waals surface area (Å²) in [6.45, 7) is 0. The van der Waals surface area contributed by atoms with Gasteiger partial charge in [-0.2, -0.15) is 0 Å². The first-order chi connectivity index (χ1) is 12.6. The second-order valence-electron chi connectivity index (χ2n) is 5.37. The van der Waals surface area contributed by atoms with Gasteiger partial charge in [-0.05, 0) is 47.8 Å². The molecule has 6 nitrogen and oxygen atoms in total. The van der Waals surface area contributed by atoms with Crippen molar-refractivity contribution in [1.82, 2.24) is 0 Å². The summed E-state index contributed by atoms with van der Waals surface area (Å²) in [5.74, 6) is 1.02. The van der Waals surface area contributed by atoms with Crippen LogP contribution in [-0.2, 0) is 0 Å². The Hall–Kier alpha value is -3.32. The molecule has 0 saturated carbocycles. The molecule has 0 spiro atoms. The predicted octanol–water partition coefficient (Wildman–Crippen LogP) is 4.84. The van der Waals surface area contributed by atoms with E-state index in [4.69, 9.17) is 10.1 Å². The van der Waals surface area contributed by atoms with E-state index in [0.717, 1.165) is 10.6 Å². The molecule has 26 heavy (non-hydrogen) atoms. The average Bonchev–Trinajstić information content (AvgIpc) is 3.18. The van der Waals surface area contributed by atoms with Crippen LogP contribution in [0.25, 0.3) is 0 Å². The summed E-state index contributed by atoms with van der Waals surface area (Å²) >= 11 is 1.50. The number of thiophene rings is 1. The van der Waals surface area contributed by atoms with Crippen LogP contribution in [0.5, 0.6) is 5.75 Å². The van der Waals surface area contributed by atoms with Crippen molar-refractivity contribution in [2.45, 2.75) is 0 Å². The fraction of sp³-hybridized carbons (Fsp3) is 0.0526. The van der Waals surface area contributed by atoms with Crippen molar-refractivity contribution in [2.24, 2.45) is 0 Å². The minimum absolute atomic E-state index is 0.342. The van der Waals surface area contributed by atoms with Crippen molar-refractivity contribution >= 4 is 40.3 Å². The van der Waals surface area contributed by atoms with E-state index in [2.05, 4.69) is 16.0 Å². The average molecular weight is 366 g/mol. The molecule has 3 aromatic rings. The summed E-state index contributed by atoms with van der Waals surface area (Å²) in [7, 11) is 1.58. The standard InChI is InChI=1S/C19H18N4O2S/c1-25-16-5-2-4-15(12-16)23-19(24)22-14-9-7-13(8-10-14)21-18(20)17-6-3-11-26-17/h2-12H,1H3,(H2,20,21)(H2,22,23,24). The molecule has 0 aliphatic carbocycles. The van der Waals surface area contributed by atoms with Gasteiger partial charge in [-0.3, -0.25) is 5.41 Å². The molecule has 0 unspecified atom stereocenters. The quantitative estimate of drug-likeness (QED) is 0.385. The lowest BCUT2D eigenvalue weighted by Gasteiger charge is -2.10. The molecule has 0 radical (unpaired) electrons. The second-order valence-corrected chi connectivity index (χ2v) is 6.31. The van der Waals surface area contributed by atoms with Crippen molar-refractivity contribution in [3.63, 3.8) is 0 Å². The Morgan fingerprint density at radius 2 is 1.62 bits per heavy atom. The van der Waals surface area contributed by atoms with Crippen LogP contribution < -0.4 is 20.7 Å². The highest BCUT2D eigenvalue weighted by molar-refractivity contribution is 7.12. The molecule has 0 atom stereocenters. The first kappa shape index (κ1) is 17.5. The van der Waals surface area contributed by atoms with Crippen molar-refractivity contribution in [1.29, 1.82) is 5.41 Å². The number of anilines is 3. The van der Waals surface area contributed by atoms with Gasteiger partial charge in [-0.1, -0.05) is 12.1 Å². The molecule has 0 bridgehead atoms. The van der Waals surface area contributed by atoms with Crippen LogP contribution >= 0.6 is 11.3 Å². The third kappa shape index (κ3) is 4.61. The van der Waals surface area contributed by atoms with Crippen molar-refractivity contribution < 1.29 is 9.53 Å². The molecule has 1 heterocycles. The van der Waals surface area contributed by atoms with Gasteiger partial charge in [0.1, 0.15) is 11.6 Å². The fourth-order valence-corrected chi connectivity index (χ4v) is 2.89. The molecule has 4 N–H and O–H groups in total. The first-order valence-electron chi connectivity index (χ1n) is 7.85. The molecular weight excluding hydrogens is 348 g/mol. The number of hydrogen-bond donors (Lipinski definition) is 4. The number of hydrogen-bond acceptors (Lipinski definition) is 4. The number of benzene rings is 2. The van der Waals surface area contributed by atoms with Crippen LogP contribution in [0.15, 0.2) is 66.0 Å². The zero-order valence-corrected chi connectivity index (χ0v) is 14.9. The Morgan fingerprint density at radius 1 is 0.923 bits per heavy atom. The molecule has 0 saturated heterocycles. The molecule has 0 fully saturated rings. The summed E-state index contributed by atoms with van der Waals surface area (Å²) in [5, 5.41) is 18.5. The highest BCUT2D eigenvalue weighted by Gasteiger charge is 2.05. The smallest absolute Gasteiger partial charge is 0.323 e. The summed E-state index contributed by atoms with van der Waals surface area (Å²) in [6.07, 6.45) is 0. The van der Waals surface area contributed by atoms with E-state index >= 15 is 0 Å². The molecule has 3 rings (SSSR count). The molecule has 0 aliphatic heterocycles. The minimum atomic E-state index is -0.342. The SMILES string of the molecule is COc1cccc(NC(=O)Nc2ccc(NC(=N)c3cccs3)cc2)c1. The Balaban J connectivity index is 1.56. The number of methoxy groups -OCH3 is 1. The number of nitrogens with one attached hydrogen (secondary N) is 4. The maximum atomic E-state index is 12.1. The highest BCUT2D eigenvalue weighted by Crippen LogP contribution is 2.18. The largest absolute Gasteiger partial charge is 0.497 e. The Bertz CT molecular complexity index is 892. The lowest BCUT2D eigenvalue weighted by Crippen LogP contribution is -2.19. The van der Waals surface area contributed by atoms with E-state index in [1.165, 1.54) is 11.3 Å². The normalized spacial score (nSPS) is 10.0. The van der Waals surface area contributed by atoms with E-state index in [1.54, 1.807) is 37.4 Å². The van der Waals surface area contributed by atoms with Crippen molar-refractivity contribution in [2.75, 3.05) is 23.1 Å². The summed E-state index contributed by atoms with van der Waals surface area (Å²) in [5.41, 5.74) is 2.07. The molecule has 132 valence electrons. The van der Waals surface area contributed by atoms with Gasteiger partial charge in [0.25, 0.3) is 0 Å².